The molecular formula is C20H22N4O2. The summed E-state index contributed by atoms with van der Waals surface area (Å²) in [7, 11) is 0. The molecule has 0 bridgehead atoms. The van der Waals surface area contributed by atoms with Crippen molar-refractivity contribution in [1.82, 2.24) is 15.1 Å². The Morgan fingerprint density at radius 2 is 1.92 bits per heavy atom. The van der Waals surface area contributed by atoms with Gasteiger partial charge in [-0.2, -0.15) is 4.98 Å². The Morgan fingerprint density at radius 1 is 1.12 bits per heavy atom. The zero-order valence-corrected chi connectivity index (χ0v) is 14.8. The number of anilines is 1. The molecular weight excluding hydrogens is 328 g/mol. The van der Waals surface area contributed by atoms with E-state index in [0.29, 0.717) is 36.8 Å². The van der Waals surface area contributed by atoms with E-state index in [9.17, 15) is 4.79 Å². The van der Waals surface area contributed by atoms with Gasteiger partial charge in [0.1, 0.15) is 5.69 Å². The van der Waals surface area contributed by atoms with Crippen molar-refractivity contribution in [3.8, 4) is 11.5 Å². The summed E-state index contributed by atoms with van der Waals surface area (Å²) in [6.45, 7) is 2.83. The number of rotatable bonds is 8. The van der Waals surface area contributed by atoms with E-state index in [2.05, 4.69) is 22.0 Å². The Bertz CT molecular complexity index is 818. The highest BCUT2D eigenvalue weighted by molar-refractivity contribution is 5.93. The average Bonchev–Trinajstić information content (AvgIpc) is 3.17. The highest BCUT2D eigenvalue weighted by atomic mass is 16.5. The van der Waals surface area contributed by atoms with Gasteiger partial charge in [-0.25, -0.2) is 0 Å². The number of para-hydroxylation sites is 1. The molecule has 0 aliphatic rings. The predicted molar refractivity (Wildman–Crippen MR) is 99.6 cm³/mol. The van der Waals surface area contributed by atoms with Crippen LogP contribution in [-0.2, 0) is 11.2 Å². The molecule has 0 aliphatic carbocycles. The number of carbonyl (C=O) groups is 1. The summed E-state index contributed by atoms with van der Waals surface area (Å²) < 4.78 is 5.26. The molecule has 3 aromatic rings. The summed E-state index contributed by atoms with van der Waals surface area (Å²) in [5.74, 6) is 0.948. The summed E-state index contributed by atoms with van der Waals surface area (Å²) >= 11 is 0. The fourth-order valence-electron chi connectivity index (χ4n) is 2.63. The molecule has 0 aliphatic heterocycles. The van der Waals surface area contributed by atoms with Gasteiger partial charge >= 0.3 is 0 Å². The number of carbonyl (C=O) groups excluding carboxylic acids is 1. The molecule has 0 saturated heterocycles. The van der Waals surface area contributed by atoms with Gasteiger partial charge in [0.2, 0.25) is 17.6 Å². The first-order valence-corrected chi connectivity index (χ1v) is 8.87. The van der Waals surface area contributed by atoms with E-state index in [1.54, 1.807) is 6.20 Å². The van der Waals surface area contributed by atoms with E-state index in [-0.39, 0.29) is 5.91 Å². The van der Waals surface area contributed by atoms with Crippen LogP contribution in [0.25, 0.3) is 11.5 Å². The number of aryl methyl sites for hydroxylation is 1. The Labute approximate surface area is 152 Å². The molecule has 134 valence electrons. The van der Waals surface area contributed by atoms with Crippen molar-refractivity contribution in [1.29, 1.82) is 0 Å². The van der Waals surface area contributed by atoms with Gasteiger partial charge in [-0.1, -0.05) is 42.8 Å². The number of aromatic nitrogens is 3. The lowest BCUT2D eigenvalue weighted by molar-refractivity contribution is -0.118. The Hall–Kier alpha value is -3.02. The lowest BCUT2D eigenvalue weighted by Gasteiger charge is -2.22. The molecule has 3 rings (SSSR count). The zero-order valence-electron chi connectivity index (χ0n) is 14.8. The highest BCUT2D eigenvalue weighted by Crippen LogP contribution is 2.17. The molecule has 0 fully saturated rings. The summed E-state index contributed by atoms with van der Waals surface area (Å²) in [5, 5.41) is 3.94. The minimum absolute atomic E-state index is 0.0576. The molecule has 26 heavy (non-hydrogen) atoms. The van der Waals surface area contributed by atoms with Crippen molar-refractivity contribution >= 4 is 11.6 Å². The molecule has 0 N–H and O–H groups in total. The maximum atomic E-state index is 12.7. The third kappa shape index (κ3) is 4.53. The monoisotopic (exact) mass is 350 g/mol. The largest absolute Gasteiger partial charge is 0.339 e. The molecule has 6 nitrogen and oxygen atoms in total. The lowest BCUT2D eigenvalue weighted by atomic mass is 10.2. The minimum atomic E-state index is 0.0576. The van der Waals surface area contributed by atoms with Gasteiger partial charge in [-0.15, -0.1) is 0 Å². The quantitative estimate of drug-likeness (QED) is 0.616. The summed E-state index contributed by atoms with van der Waals surface area (Å²) in [6, 6.07) is 15.3. The van der Waals surface area contributed by atoms with Gasteiger partial charge in [0.15, 0.2) is 0 Å². The van der Waals surface area contributed by atoms with Crippen molar-refractivity contribution in [3.05, 3.63) is 60.6 Å². The second kappa shape index (κ2) is 8.89. The average molecular weight is 350 g/mol. The van der Waals surface area contributed by atoms with Crippen LogP contribution in [0.3, 0.4) is 0 Å². The van der Waals surface area contributed by atoms with Crippen LogP contribution < -0.4 is 4.90 Å². The van der Waals surface area contributed by atoms with Gasteiger partial charge in [0.05, 0.1) is 0 Å². The van der Waals surface area contributed by atoms with Gasteiger partial charge in [0, 0.05) is 31.3 Å². The molecule has 2 aromatic heterocycles. The second-order valence-electron chi connectivity index (χ2n) is 5.96. The topological polar surface area (TPSA) is 72.1 Å². The Kier molecular flexibility index (Phi) is 6.09. The van der Waals surface area contributed by atoms with E-state index >= 15 is 0 Å². The van der Waals surface area contributed by atoms with Gasteiger partial charge < -0.3 is 9.42 Å². The first-order valence-electron chi connectivity index (χ1n) is 8.87. The summed E-state index contributed by atoms with van der Waals surface area (Å²) in [5.41, 5.74) is 1.58. The van der Waals surface area contributed by atoms with Crippen LogP contribution in [0, 0.1) is 0 Å². The maximum absolute atomic E-state index is 12.7. The number of benzene rings is 1. The van der Waals surface area contributed by atoms with Crippen molar-refractivity contribution in [3.63, 3.8) is 0 Å². The standard InChI is InChI=1S/C20H22N4O2/c1-2-3-15-24(16-9-5-4-6-10-16)19(25)13-12-18-22-20(23-26-18)17-11-7-8-14-21-17/h4-11,14H,2-3,12-13,15H2,1H3. The van der Waals surface area contributed by atoms with Crippen molar-refractivity contribution in [2.75, 3.05) is 11.4 Å². The number of pyridine rings is 1. The third-order valence-electron chi connectivity index (χ3n) is 4.02. The van der Waals surface area contributed by atoms with Crippen LogP contribution in [0.4, 0.5) is 5.69 Å². The number of unbranched alkanes of at least 4 members (excludes halogenated alkanes) is 1. The van der Waals surface area contributed by atoms with Crippen LogP contribution in [-0.4, -0.2) is 27.6 Å². The summed E-state index contributed by atoms with van der Waals surface area (Å²) in [6.07, 6.45) is 4.41. The predicted octanol–water partition coefficient (Wildman–Crippen LogP) is 3.90. The number of hydrogen-bond acceptors (Lipinski definition) is 5. The SMILES string of the molecule is CCCCN(C(=O)CCc1nc(-c2ccccn2)no1)c1ccccc1. The van der Waals surface area contributed by atoms with E-state index in [1.165, 1.54) is 0 Å². The van der Waals surface area contributed by atoms with E-state index in [0.717, 1.165) is 18.5 Å². The third-order valence-corrected chi connectivity index (χ3v) is 4.02. The maximum Gasteiger partial charge on any atom is 0.227 e. The molecule has 1 aromatic carbocycles. The molecule has 1 amide bonds. The van der Waals surface area contributed by atoms with Crippen LogP contribution in [0.15, 0.2) is 59.3 Å². The second-order valence-corrected chi connectivity index (χ2v) is 5.96. The van der Waals surface area contributed by atoms with Crippen LogP contribution in [0.1, 0.15) is 32.1 Å². The smallest absolute Gasteiger partial charge is 0.227 e. The van der Waals surface area contributed by atoms with Gasteiger partial charge in [-0.05, 0) is 30.7 Å². The molecule has 0 radical (unpaired) electrons. The number of hydrogen-bond donors (Lipinski definition) is 0. The lowest BCUT2D eigenvalue weighted by Crippen LogP contribution is -2.32. The molecule has 2 heterocycles. The highest BCUT2D eigenvalue weighted by Gasteiger charge is 2.17. The molecule has 6 heteroatoms. The van der Waals surface area contributed by atoms with E-state index in [1.807, 2.05) is 53.4 Å². The normalized spacial score (nSPS) is 10.7. The number of amides is 1. The number of nitrogens with zero attached hydrogens (tertiary/aromatic N) is 4. The fourth-order valence-corrected chi connectivity index (χ4v) is 2.63. The molecule has 0 saturated carbocycles. The molecule has 0 spiro atoms. The first kappa shape index (κ1) is 17.8. The molecule has 0 unspecified atom stereocenters. The minimum Gasteiger partial charge on any atom is -0.339 e. The van der Waals surface area contributed by atoms with Gasteiger partial charge in [-0.3, -0.25) is 9.78 Å². The van der Waals surface area contributed by atoms with Crippen molar-refractivity contribution in [2.24, 2.45) is 0 Å². The fraction of sp³-hybridized carbons (Fsp3) is 0.300. The molecule has 0 atom stereocenters. The van der Waals surface area contributed by atoms with Crippen molar-refractivity contribution in [2.45, 2.75) is 32.6 Å². The Balaban J connectivity index is 1.64. The Morgan fingerprint density at radius 3 is 2.65 bits per heavy atom. The van der Waals surface area contributed by atoms with Crippen molar-refractivity contribution < 1.29 is 9.32 Å². The summed E-state index contributed by atoms with van der Waals surface area (Å²) in [4.78, 5) is 23.1. The van der Waals surface area contributed by atoms with Crippen LogP contribution >= 0.6 is 0 Å². The van der Waals surface area contributed by atoms with Crippen LogP contribution in [0.5, 0.6) is 0 Å². The van der Waals surface area contributed by atoms with Crippen LogP contribution in [0.2, 0.25) is 0 Å². The van der Waals surface area contributed by atoms with Gasteiger partial charge in [0.25, 0.3) is 0 Å². The zero-order chi connectivity index (χ0) is 18.2. The van der Waals surface area contributed by atoms with E-state index < -0.39 is 0 Å². The first-order chi connectivity index (χ1) is 12.8. The van der Waals surface area contributed by atoms with E-state index in [4.69, 9.17) is 4.52 Å².